The molecule has 16 heavy (non-hydrogen) atoms. The highest BCUT2D eigenvalue weighted by Gasteiger charge is 2.25. The van der Waals surface area contributed by atoms with Crippen molar-refractivity contribution >= 4 is 0 Å². The van der Waals surface area contributed by atoms with Gasteiger partial charge < -0.3 is 14.5 Å². The van der Waals surface area contributed by atoms with Gasteiger partial charge in [0.2, 0.25) is 0 Å². The highest BCUT2D eigenvalue weighted by Crippen LogP contribution is 2.28. The van der Waals surface area contributed by atoms with Crippen molar-refractivity contribution in [2.24, 2.45) is 0 Å². The summed E-state index contributed by atoms with van der Waals surface area (Å²) < 4.78 is 5.29. The molecule has 0 aliphatic carbocycles. The fraction of sp³-hybridized carbons (Fsp3) is 0.750. The third kappa shape index (κ3) is 2.44. The zero-order valence-electron chi connectivity index (χ0n) is 10.0. The molecular weight excluding hydrogens is 204 g/mol. The van der Waals surface area contributed by atoms with Crippen molar-refractivity contribution in [3.8, 4) is 0 Å². The Morgan fingerprint density at radius 1 is 1.62 bits per heavy atom. The smallest absolute Gasteiger partial charge is 0.141 e. The average molecular weight is 224 g/mol. The van der Waals surface area contributed by atoms with Gasteiger partial charge in [-0.25, -0.2) is 0 Å². The molecule has 1 N–H and O–H groups in total. The van der Waals surface area contributed by atoms with E-state index in [4.69, 9.17) is 9.63 Å². The van der Waals surface area contributed by atoms with Crippen molar-refractivity contribution in [3.05, 3.63) is 17.5 Å². The van der Waals surface area contributed by atoms with Gasteiger partial charge in [-0.3, -0.25) is 0 Å². The summed E-state index contributed by atoms with van der Waals surface area (Å²) >= 11 is 0. The standard InChI is InChI=1S/C12H20N2O2/c1-9(2)14-5-3-4-10(7-14)12-6-11(8-15)13-16-12/h6,9-10,15H,3-5,7-8H2,1-2H3. The van der Waals surface area contributed by atoms with Gasteiger partial charge in [-0.15, -0.1) is 0 Å². The zero-order chi connectivity index (χ0) is 11.5. The van der Waals surface area contributed by atoms with E-state index in [-0.39, 0.29) is 6.61 Å². The molecule has 0 aromatic carbocycles. The van der Waals surface area contributed by atoms with Gasteiger partial charge in [0.1, 0.15) is 11.5 Å². The topological polar surface area (TPSA) is 49.5 Å². The Bertz CT molecular complexity index is 336. The van der Waals surface area contributed by atoms with Crippen LogP contribution in [-0.4, -0.2) is 34.3 Å². The second kappa shape index (κ2) is 4.97. The summed E-state index contributed by atoms with van der Waals surface area (Å²) in [6.45, 7) is 6.63. The molecular formula is C12H20N2O2. The van der Waals surface area contributed by atoms with Crippen molar-refractivity contribution in [1.82, 2.24) is 10.1 Å². The van der Waals surface area contributed by atoms with E-state index in [1.54, 1.807) is 0 Å². The molecule has 1 aliphatic rings. The van der Waals surface area contributed by atoms with E-state index >= 15 is 0 Å². The molecule has 1 saturated heterocycles. The Morgan fingerprint density at radius 2 is 2.44 bits per heavy atom. The van der Waals surface area contributed by atoms with E-state index in [2.05, 4.69) is 23.9 Å². The van der Waals surface area contributed by atoms with Crippen molar-refractivity contribution < 1.29 is 9.63 Å². The van der Waals surface area contributed by atoms with E-state index < -0.39 is 0 Å². The molecule has 4 nitrogen and oxygen atoms in total. The highest BCUT2D eigenvalue weighted by molar-refractivity contribution is 5.10. The lowest BCUT2D eigenvalue weighted by molar-refractivity contribution is 0.155. The summed E-state index contributed by atoms with van der Waals surface area (Å²) in [5.74, 6) is 1.36. The van der Waals surface area contributed by atoms with E-state index in [0.29, 0.717) is 17.7 Å². The normalized spacial score (nSPS) is 22.9. The van der Waals surface area contributed by atoms with Gasteiger partial charge in [-0.2, -0.15) is 0 Å². The molecule has 0 amide bonds. The maximum atomic E-state index is 8.96. The summed E-state index contributed by atoms with van der Waals surface area (Å²) in [6.07, 6.45) is 2.36. The van der Waals surface area contributed by atoms with Gasteiger partial charge in [-0.1, -0.05) is 5.16 Å². The number of nitrogens with zero attached hydrogens (tertiary/aromatic N) is 2. The predicted octanol–water partition coefficient (Wildman–Crippen LogP) is 1.75. The summed E-state index contributed by atoms with van der Waals surface area (Å²) in [5.41, 5.74) is 0.636. The van der Waals surface area contributed by atoms with Crippen LogP contribution < -0.4 is 0 Å². The molecule has 1 fully saturated rings. The molecule has 0 saturated carbocycles. The Kier molecular flexibility index (Phi) is 3.61. The van der Waals surface area contributed by atoms with Crippen LogP contribution in [0.4, 0.5) is 0 Å². The number of piperidine rings is 1. The Balaban J connectivity index is 2.03. The van der Waals surface area contributed by atoms with Gasteiger partial charge >= 0.3 is 0 Å². The lowest BCUT2D eigenvalue weighted by atomic mass is 9.94. The van der Waals surface area contributed by atoms with Crippen LogP contribution in [-0.2, 0) is 6.61 Å². The number of likely N-dealkylation sites (tertiary alicyclic amines) is 1. The van der Waals surface area contributed by atoms with Crippen LogP contribution >= 0.6 is 0 Å². The Hall–Kier alpha value is -0.870. The van der Waals surface area contributed by atoms with Crippen molar-refractivity contribution in [2.45, 2.75) is 45.3 Å². The largest absolute Gasteiger partial charge is 0.390 e. The minimum absolute atomic E-state index is 0.0376. The molecule has 1 aromatic rings. The molecule has 0 bridgehead atoms. The van der Waals surface area contributed by atoms with Crippen LogP contribution in [0.2, 0.25) is 0 Å². The lowest BCUT2D eigenvalue weighted by Crippen LogP contribution is -2.38. The van der Waals surface area contributed by atoms with Crippen LogP contribution in [0.1, 0.15) is 44.1 Å². The Labute approximate surface area is 96.2 Å². The van der Waals surface area contributed by atoms with Crippen LogP contribution in [0.3, 0.4) is 0 Å². The molecule has 2 heterocycles. The van der Waals surface area contributed by atoms with Crippen LogP contribution in [0, 0.1) is 0 Å². The number of hydrogen-bond donors (Lipinski definition) is 1. The number of aromatic nitrogens is 1. The van der Waals surface area contributed by atoms with E-state index in [9.17, 15) is 0 Å². The molecule has 2 rings (SSSR count). The molecule has 1 unspecified atom stereocenters. The number of hydrogen-bond acceptors (Lipinski definition) is 4. The molecule has 0 spiro atoms. The van der Waals surface area contributed by atoms with E-state index in [1.807, 2.05) is 6.07 Å². The molecule has 90 valence electrons. The van der Waals surface area contributed by atoms with E-state index in [1.165, 1.54) is 13.0 Å². The summed E-state index contributed by atoms with van der Waals surface area (Å²) in [6, 6.07) is 2.47. The van der Waals surface area contributed by atoms with Crippen molar-refractivity contribution in [1.29, 1.82) is 0 Å². The first-order valence-electron chi connectivity index (χ1n) is 6.01. The lowest BCUT2D eigenvalue weighted by Gasteiger charge is -2.34. The van der Waals surface area contributed by atoms with Gasteiger partial charge in [0.15, 0.2) is 0 Å². The maximum absolute atomic E-state index is 8.96. The van der Waals surface area contributed by atoms with Crippen LogP contribution in [0.25, 0.3) is 0 Å². The monoisotopic (exact) mass is 224 g/mol. The molecule has 1 aromatic heterocycles. The zero-order valence-corrected chi connectivity index (χ0v) is 10.0. The second-order valence-corrected chi connectivity index (χ2v) is 4.81. The van der Waals surface area contributed by atoms with Gasteiger partial charge in [0, 0.05) is 24.6 Å². The minimum Gasteiger partial charge on any atom is -0.390 e. The maximum Gasteiger partial charge on any atom is 0.141 e. The third-order valence-corrected chi connectivity index (χ3v) is 3.32. The van der Waals surface area contributed by atoms with E-state index in [0.717, 1.165) is 18.7 Å². The van der Waals surface area contributed by atoms with Crippen LogP contribution in [0.15, 0.2) is 10.6 Å². The fourth-order valence-corrected chi connectivity index (χ4v) is 2.30. The second-order valence-electron chi connectivity index (χ2n) is 4.81. The van der Waals surface area contributed by atoms with Crippen LogP contribution in [0.5, 0.6) is 0 Å². The van der Waals surface area contributed by atoms with Gasteiger partial charge in [0.25, 0.3) is 0 Å². The Morgan fingerprint density at radius 3 is 3.06 bits per heavy atom. The quantitative estimate of drug-likeness (QED) is 0.850. The first-order valence-corrected chi connectivity index (χ1v) is 6.01. The fourth-order valence-electron chi connectivity index (χ4n) is 2.30. The highest BCUT2D eigenvalue weighted by atomic mass is 16.5. The first kappa shape index (κ1) is 11.6. The van der Waals surface area contributed by atoms with Crippen molar-refractivity contribution in [3.63, 3.8) is 0 Å². The third-order valence-electron chi connectivity index (χ3n) is 3.32. The summed E-state index contributed by atoms with van der Waals surface area (Å²) in [7, 11) is 0. The summed E-state index contributed by atoms with van der Waals surface area (Å²) in [5, 5.41) is 12.8. The minimum atomic E-state index is -0.0376. The molecule has 0 radical (unpaired) electrons. The molecule has 1 atom stereocenters. The van der Waals surface area contributed by atoms with Gasteiger partial charge in [-0.05, 0) is 33.2 Å². The van der Waals surface area contributed by atoms with Crippen molar-refractivity contribution in [2.75, 3.05) is 13.1 Å². The predicted molar refractivity (Wildman–Crippen MR) is 61.1 cm³/mol. The van der Waals surface area contributed by atoms with Gasteiger partial charge in [0.05, 0.1) is 6.61 Å². The number of aliphatic hydroxyl groups excluding tert-OH is 1. The summed E-state index contributed by atoms with van der Waals surface area (Å²) in [4.78, 5) is 2.47. The number of aliphatic hydroxyl groups is 1. The molecule has 4 heteroatoms. The SMILES string of the molecule is CC(C)N1CCCC(c2cc(CO)no2)C1. The first-order chi connectivity index (χ1) is 7.70. The molecule has 1 aliphatic heterocycles. The average Bonchev–Trinajstić information content (AvgIpc) is 2.77. The number of rotatable bonds is 3.